The molecule has 13 heavy (non-hydrogen) atoms. The third-order valence-electron chi connectivity index (χ3n) is 2.86. The largest absolute Gasteiger partial charge is 0.427 e. The van der Waals surface area contributed by atoms with Crippen molar-refractivity contribution in [2.75, 3.05) is 5.73 Å². The molecule has 0 fully saturated rings. The number of nitrogens with two attached hydrogens (primary N) is 1. The second kappa shape index (κ2) is 2.77. The molecular formula is C10H14BNO. The van der Waals surface area contributed by atoms with E-state index >= 15 is 0 Å². The Morgan fingerprint density at radius 3 is 2.85 bits per heavy atom. The molecule has 0 aliphatic carbocycles. The molecule has 2 N–H and O–H groups in total. The number of aryl methyl sites for hydroxylation is 1. The van der Waals surface area contributed by atoms with Crippen molar-refractivity contribution in [3.63, 3.8) is 0 Å². The standard InChI is InChI=1S/C10H14BNO/c1-6-4-8-5-13-11(3)9(8)7(2)10(6)12/h4H,5,12H2,1-3H3. The maximum Gasteiger partial charge on any atom is 0.324 e. The molecular weight excluding hydrogens is 161 g/mol. The van der Waals surface area contributed by atoms with Crippen LogP contribution in [0.25, 0.3) is 0 Å². The first-order chi connectivity index (χ1) is 6.11. The van der Waals surface area contributed by atoms with Gasteiger partial charge in [-0.15, -0.1) is 0 Å². The number of fused-ring (bicyclic) bond motifs is 1. The lowest BCUT2D eigenvalue weighted by Gasteiger charge is -2.10. The zero-order valence-corrected chi connectivity index (χ0v) is 8.35. The molecule has 0 saturated carbocycles. The molecule has 0 unspecified atom stereocenters. The van der Waals surface area contributed by atoms with Crippen molar-refractivity contribution in [2.45, 2.75) is 27.3 Å². The van der Waals surface area contributed by atoms with Gasteiger partial charge in [0.1, 0.15) is 0 Å². The zero-order valence-electron chi connectivity index (χ0n) is 8.35. The number of rotatable bonds is 0. The molecule has 1 aromatic rings. The highest BCUT2D eigenvalue weighted by molar-refractivity contribution is 6.68. The van der Waals surface area contributed by atoms with Gasteiger partial charge in [0.25, 0.3) is 0 Å². The molecule has 3 heteroatoms. The fourth-order valence-corrected chi connectivity index (χ4v) is 2.08. The second-order valence-electron chi connectivity index (χ2n) is 3.76. The maximum atomic E-state index is 5.96. The summed E-state index contributed by atoms with van der Waals surface area (Å²) in [6, 6.07) is 2.14. The highest BCUT2D eigenvalue weighted by Gasteiger charge is 2.26. The predicted molar refractivity (Wildman–Crippen MR) is 56.4 cm³/mol. The summed E-state index contributed by atoms with van der Waals surface area (Å²) >= 11 is 0. The molecule has 0 spiro atoms. The van der Waals surface area contributed by atoms with Gasteiger partial charge in [-0.2, -0.15) is 0 Å². The van der Waals surface area contributed by atoms with Crippen LogP contribution in [0.15, 0.2) is 6.07 Å². The van der Waals surface area contributed by atoms with Gasteiger partial charge in [-0.05, 0) is 36.0 Å². The van der Waals surface area contributed by atoms with Gasteiger partial charge in [-0.1, -0.05) is 12.9 Å². The lowest BCUT2D eigenvalue weighted by molar-refractivity contribution is 0.333. The fourth-order valence-electron chi connectivity index (χ4n) is 2.08. The molecule has 0 atom stereocenters. The molecule has 0 aromatic heterocycles. The Labute approximate surface area is 79.2 Å². The van der Waals surface area contributed by atoms with Gasteiger partial charge in [0, 0.05) is 5.69 Å². The van der Waals surface area contributed by atoms with Crippen LogP contribution in [-0.4, -0.2) is 6.92 Å². The molecule has 2 nitrogen and oxygen atoms in total. The summed E-state index contributed by atoms with van der Waals surface area (Å²) in [5, 5.41) is 0. The summed E-state index contributed by atoms with van der Waals surface area (Å²) < 4.78 is 5.56. The van der Waals surface area contributed by atoms with E-state index in [1.54, 1.807) is 0 Å². The summed E-state index contributed by atoms with van der Waals surface area (Å²) in [6.45, 7) is 7.14. The fraction of sp³-hybridized carbons (Fsp3) is 0.400. The summed E-state index contributed by atoms with van der Waals surface area (Å²) in [4.78, 5) is 0. The minimum absolute atomic E-state index is 0.206. The molecule has 0 radical (unpaired) electrons. The number of hydrogen-bond acceptors (Lipinski definition) is 2. The van der Waals surface area contributed by atoms with E-state index in [0.717, 1.165) is 17.9 Å². The molecule has 0 amide bonds. The van der Waals surface area contributed by atoms with E-state index in [4.69, 9.17) is 10.4 Å². The molecule has 68 valence electrons. The van der Waals surface area contributed by atoms with Crippen LogP contribution < -0.4 is 11.2 Å². The van der Waals surface area contributed by atoms with Crippen LogP contribution in [-0.2, 0) is 11.3 Å². The van der Waals surface area contributed by atoms with Crippen LogP contribution >= 0.6 is 0 Å². The van der Waals surface area contributed by atoms with Gasteiger partial charge in [0.2, 0.25) is 0 Å². The zero-order chi connectivity index (χ0) is 9.59. The summed E-state index contributed by atoms with van der Waals surface area (Å²) in [5.74, 6) is 0. The monoisotopic (exact) mass is 175 g/mol. The average molecular weight is 175 g/mol. The van der Waals surface area contributed by atoms with Gasteiger partial charge in [0.15, 0.2) is 0 Å². The highest BCUT2D eigenvalue weighted by atomic mass is 16.4. The Morgan fingerprint density at radius 1 is 1.46 bits per heavy atom. The Balaban J connectivity index is 2.68. The van der Waals surface area contributed by atoms with Crippen molar-refractivity contribution in [3.05, 3.63) is 22.8 Å². The van der Waals surface area contributed by atoms with E-state index in [1.807, 2.05) is 6.92 Å². The van der Waals surface area contributed by atoms with E-state index in [0.29, 0.717) is 0 Å². The predicted octanol–water partition coefficient (Wildman–Crippen LogP) is 1.24. The van der Waals surface area contributed by atoms with Crippen LogP contribution in [0.1, 0.15) is 16.7 Å². The molecule has 1 aromatic carbocycles. The molecule has 1 heterocycles. The third kappa shape index (κ3) is 1.15. The van der Waals surface area contributed by atoms with Crippen LogP contribution in [0.5, 0.6) is 0 Å². The van der Waals surface area contributed by atoms with Crippen molar-refractivity contribution in [1.29, 1.82) is 0 Å². The van der Waals surface area contributed by atoms with E-state index < -0.39 is 0 Å². The highest BCUT2D eigenvalue weighted by Crippen LogP contribution is 2.22. The first-order valence-electron chi connectivity index (χ1n) is 4.61. The Morgan fingerprint density at radius 2 is 2.15 bits per heavy atom. The first-order valence-corrected chi connectivity index (χ1v) is 4.61. The van der Waals surface area contributed by atoms with Crippen LogP contribution in [0.2, 0.25) is 6.82 Å². The molecule has 1 aliphatic rings. The van der Waals surface area contributed by atoms with Crippen molar-refractivity contribution in [3.8, 4) is 0 Å². The van der Waals surface area contributed by atoms with Crippen molar-refractivity contribution < 1.29 is 4.65 Å². The maximum absolute atomic E-state index is 5.96. The van der Waals surface area contributed by atoms with Gasteiger partial charge in [-0.25, -0.2) is 0 Å². The van der Waals surface area contributed by atoms with Crippen LogP contribution in [0.3, 0.4) is 0 Å². The molecule has 2 rings (SSSR count). The Hall–Kier alpha value is -0.955. The quantitative estimate of drug-likeness (QED) is 0.475. The number of hydrogen-bond donors (Lipinski definition) is 1. The smallest absolute Gasteiger partial charge is 0.324 e. The Kier molecular flexibility index (Phi) is 1.84. The van der Waals surface area contributed by atoms with Gasteiger partial charge in [0.05, 0.1) is 6.61 Å². The normalized spacial score (nSPS) is 14.8. The molecule has 0 saturated heterocycles. The number of benzene rings is 1. The Bertz CT molecular complexity index is 362. The summed E-state index contributed by atoms with van der Waals surface area (Å²) in [6.07, 6.45) is 0. The lowest BCUT2D eigenvalue weighted by Crippen LogP contribution is -2.28. The van der Waals surface area contributed by atoms with E-state index in [1.165, 1.54) is 16.6 Å². The average Bonchev–Trinajstić information content (AvgIpc) is 2.43. The van der Waals surface area contributed by atoms with E-state index in [-0.39, 0.29) is 6.92 Å². The molecule has 1 aliphatic heterocycles. The topological polar surface area (TPSA) is 35.2 Å². The second-order valence-corrected chi connectivity index (χ2v) is 3.76. The minimum atomic E-state index is 0.206. The molecule has 0 bridgehead atoms. The SMILES string of the molecule is CB1OCc2cc(C)c(N)c(C)c21. The first kappa shape index (κ1) is 8.63. The summed E-state index contributed by atoms with van der Waals surface area (Å²) in [7, 11) is 0. The van der Waals surface area contributed by atoms with Gasteiger partial charge < -0.3 is 10.4 Å². The number of nitrogen functional groups attached to an aromatic ring is 1. The van der Waals surface area contributed by atoms with Crippen molar-refractivity contribution in [2.24, 2.45) is 0 Å². The van der Waals surface area contributed by atoms with E-state index in [9.17, 15) is 0 Å². The summed E-state index contributed by atoms with van der Waals surface area (Å²) in [5.41, 5.74) is 11.8. The van der Waals surface area contributed by atoms with Crippen LogP contribution in [0, 0.1) is 13.8 Å². The van der Waals surface area contributed by atoms with Gasteiger partial charge >= 0.3 is 6.92 Å². The number of anilines is 1. The van der Waals surface area contributed by atoms with Crippen LogP contribution in [0.4, 0.5) is 5.69 Å². The van der Waals surface area contributed by atoms with Crippen molar-refractivity contribution >= 4 is 18.1 Å². The third-order valence-corrected chi connectivity index (χ3v) is 2.86. The van der Waals surface area contributed by atoms with Crippen molar-refractivity contribution in [1.82, 2.24) is 0 Å². The van der Waals surface area contributed by atoms with E-state index in [2.05, 4.69) is 19.8 Å². The minimum Gasteiger partial charge on any atom is -0.427 e. The van der Waals surface area contributed by atoms with Gasteiger partial charge in [-0.3, -0.25) is 0 Å². The lowest BCUT2D eigenvalue weighted by atomic mass is 9.62.